The first-order valence-corrected chi connectivity index (χ1v) is 7.18. The summed E-state index contributed by atoms with van der Waals surface area (Å²) in [5.41, 5.74) is 1.36. The van der Waals surface area contributed by atoms with Crippen LogP contribution in [0.15, 0.2) is 18.2 Å². The fourth-order valence-corrected chi connectivity index (χ4v) is 2.40. The van der Waals surface area contributed by atoms with Gasteiger partial charge in [-0.25, -0.2) is 0 Å². The van der Waals surface area contributed by atoms with E-state index >= 15 is 0 Å². The second-order valence-electron chi connectivity index (χ2n) is 5.33. The van der Waals surface area contributed by atoms with E-state index in [1.54, 1.807) is 0 Å². The van der Waals surface area contributed by atoms with Crippen LogP contribution in [0.1, 0.15) is 51.5 Å². The average Bonchev–Trinajstić information content (AvgIpc) is 2.84. The van der Waals surface area contributed by atoms with Crippen molar-refractivity contribution in [3.8, 4) is 11.5 Å². The Labute approximate surface area is 110 Å². The highest BCUT2D eigenvalue weighted by atomic mass is 16.7. The topological polar surface area (TPSA) is 18.5 Å². The van der Waals surface area contributed by atoms with Crippen molar-refractivity contribution in [3.05, 3.63) is 23.8 Å². The molecule has 1 aromatic carbocycles. The molecule has 2 nitrogen and oxygen atoms in total. The minimum atomic E-state index is 0.367. The molecule has 1 atom stereocenters. The zero-order valence-corrected chi connectivity index (χ0v) is 11.6. The fraction of sp³-hybridized carbons (Fsp3) is 0.625. The summed E-state index contributed by atoms with van der Waals surface area (Å²) in [7, 11) is 0. The van der Waals surface area contributed by atoms with Gasteiger partial charge in [0.2, 0.25) is 6.79 Å². The van der Waals surface area contributed by atoms with Crippen molar-refractivity contribution in [2.45, 2.75) is 52.4 Å². The number of ether oxygens (including phenoxy) is 2. The van der Waals surface area contributed by atoms with Gasteiger partial charge in [0.15, 0.2) is 11.5 Å². The number of aryl methyl sites for hydroxylation is 1. The number of benzene rings is 1. The molecule has 100 valence electrons. The summed E-state index contributed by atoms with van der Waals surface area (Å²) in [6.45, 7) is 4.99. The third kappa shape index (κ3) is 3.66. The Kier molecular flexibility index (Phi) is 4.91. The Morgan fingerprint density at radius 3 is 2.78 bits per heavy atom. The standard InChI is InChI=1S/C16H24O2/c1-3-4-5-6-13(2)7-8-14-9-10-15-16(11-14)18-12-17-15/h9-11,13H,3-8,12H2,1-2H3. The molecule has 0 fully saturated rings. The molecule has 18 heavy (non-hydrogen) atoms. The summed E-state index contributed by atoms with van der Waals surface area (Å²) in [6, 6.07) is 6.31. The van der Waals surface area contributed by atoms with Gasteiger partial charge in [-0.15, -0.1) is 0 Å². The highest BCUT2D eigenvalue weighted by Crippen LogP contribution is 2.33. The van der Waals surface area contributed by atoms with E-state index in [0.717, 1.165) is 23.8 Å². The van der Waals surface area contributed by atoms with E-state index in [-0.39, 0.29) is 0 Å². The monoisotopic (exact) mass is 248 g/mol. The van der Waals surface area contributed by atoms with Gasteiger partial charge in [0, 0.05) is 0 Å². The normalized spacial score (nSPS) is 14.8. The van der Waals surface area contributed by atoms with Crippen molar-refractivity contribution in [2.75, 3.05) is 6.79 Å². The molecule has 1 aliphatic heterocycles. The second kappa shape index (κ2) is 6.67. The molecule has 0 amide bonds. The Balaban J connectivity index is 1.76. The SMILES string of the molecule is CCCCCC(C)CCc1ccc2c(c1)OCO2. The van der Waals surface area contributed by atoms with E-state index in [4.69, 9.17) is 9.47 Å². The van der Waals surface area contributed by atoms with E-state index in [2.05, 4.69) is 26.0 Å². The minimum Gasteiger partial charge on any atom is -0.454 e. The molecule has 0 spiro atoms. The average molecular weight is 248 g/mol. The molecule has 0 bridgehead atoms. The van der Waals surface area contributed by atoms with Crippen LogP contribution >= 0.6 is 0 Å². The van der Waals surface area contributed by atoms with Crippen LogP contribution in [0.4, 0.5) is 0 Å². The van der Waals surface area contributed by atoms with Crippen LogP contribution in [0, 0.1) is 5.92 Å². The maximum atomic E-state index is 5.40. The molecule has 1 aromatic rings. The van der Waals surface area contributed by atoms with Crippen molar-refractivity contribution in [3.63, 3.8) is 0 Å². The molecule has 1 heterocycles. The number of hydrogen-bond donors (Lipinski definition) is 0. The van der Waals surface area contributed by atoms with E-state index in [1.165, 1.54) is 37.7 Å². The van der Waals surface area contributed by atoms with Crippen molar-refractivity contribution >= 4 is 0 Å². The number of hydrogen-bond acceptors (Lipinski definition) is 2. The van der Waals surface area contributed by atoms with E-state index in [1.807, 2.05) is 6.07 Å². The largest absolute Gasteiger partial charge is 0.454 e. The van der Waals surface area contributed by atoms with Crippen LogP contribution in [-0.4, -0.2) is 6.79 Å². The zero-order valence-electron chi connectivity index (χ0n) is 11.6. The lowest BCUT2D eigenvalue weighted by Crippen LogP contribution is -1.97. The maximum absolute atomic E-state index is 5.40. The molecule has 2 rings (SSSR count). The van der Waals surface area contributed by atoms with Gasteiger partial charge >= 0.3 is 0 Å². The smallest absolute Gasteiger partial charge is 0.231 e. The first-order valence-electron chi connectivity index (χ1n) is 7.18. The lowest BCUT2D eigenvalue weighted by molar-refractivity contribution is 0.174. The van der Waals surface area contributed by atoms with Crippen LogP contribution < -0.4 is 9.47 Å². The molecular weight excluding hydrogens is 224 g/mol. The quantitative estimate of drug-likeness (QED) is 0.658. The zero-order chi connectivity index (χ0) is 12.8. The van der Waals surface area contributed by atoms with Gasteiger partial charge in [0.1, 0.15) is 0 Å². The van der Waals surface area contributed by atoms with Crippen molar-refractivity contribution in [1.82, 2.24) is 0 Å². The first kappa shape index (κ1) is 13.3. The van der Waals surface area contributed by atoms with Crippen LogP contribution in [0.25, 0.3) is 0 Å². The summed E-state index contributed by atoms with van der Waals surface area (Å²) in [5.74, 6) is 2.61. The summed E-state index contributed by atoms with van der Waals surface area (Å²) in [4.78, 5) is 0. The highest BCUT2D eigenvalue weighted by Gasteiger charge is 2.13. The van der Waals surface area contributed by atoms with E-state index in [9.17, 15) is 0 Å². The fourth-order valence-electron chi connectivity index (χ4n) is 2.40. The van der Waals surface area contributed by atoms with Crippen molar-refractivity contribution < 1.29 is 9.47 Å². The van der Waals surface area contributed by atoms with E-state index in [0.29, 0.717) is 6.79 Å². The van der Waals surface area contributed by atoms with Gasteiger partial charge in [0.05, 0.1) is 0 Å². The molecule has 0 radical (unpaired) electrons. The molecule has 0 aromatic heterocycles. The van der Waals surface area contributed by atoms with Crippen LogP contribution in [0.3, 0.4) is 0 Å². The van der Waals surface area contributed by atoms with Crippen LogP contribution in [-0.2, 0) is 6.42 Å². The summed E-state index contributed by atoms with van der Waals surface area (Å²) in [6.07, 6.45) is 7.83. The number of unbranched alkanes of at least 4 members (excludes halogenated alkanes) is 2. The summed E-state index contributed by atoms with van der Waals surface area (Å²) >= 11 is 0. The third-order valence-electron chi connectivity index (χ3n) is 3.66. The third-order valence-corrected chi connectivity index (χ3v) is 3.66. The molecular formula is C16H24O2. The van der Waals surface area contributed by atoms with Crippen LogP contribution in [0.5, 0.6) is 11.5 Å². The Bertz CT molecular complexity index is 373. The second-order valence-corrected chi connectivity index (χ2v) is 5.33. The number of fused-ring (bicyclic) bond motifs is 1. The van der Waals surface area contributed by atoms with Gasteiger partial charge in [-0.1, -0.05) is 45.6 Å². The molecule has 0 aliphatic carbocycles. The Hall–Kier alpha value is -1.18. The summed E-state index contributed by atoms with van der Waals surface area (Å²) < 4.78 is 10.7. The first-order chi connectivity index (χ1) is 8.79. The van der Waals surface area contributed by atoms with Crippen molar-refractivity contribution in [1.29, 1.82) is 0 Å². The van der Waals surface area contributed by atoms with E-state index < -0.39 is 0 Å². The van der Waals surface area contributed by atoms with Gasteiger partial charge in [-0.2, -0.15) is 0 Å². The highest BCUT2D eigenvalue weighted by molar-refractivity contribution is 5.44. The Morgan fingerprint density at radius 1 is 1.11 bits per heavy atom. The van der Waals surface area contributed by atoms with Crippen molar-refractivity contribution in [2.24, 2.45) is 5.92 Å². The van der Waals surface area contributed by atoms with Gasteiger partial charge in [-0.3, -0.25) is 0 Å². The minimum absolute atomic E-state index is 0.367. The Morgan fingerprint density at radius 2 is 1.94 bits per heavy atom. The predicted octanol–water partition coefficient (Wildman–Crippen LogP) is 4.56. The van der Waals surface area contributed by atoms with Gasteiger partial charge in [0.25, 0.3) is 0 Å². The van der Waals surface area contributed by atoms with Crippen LogP contribution in [0.2, 0.25) is 0 Å². The molecule has 0 saturated carbocycles. The lowest BCUT2D eigenvalue weighted by atomic mass is 9.96. The molecule has 0 N–H and O–H groups in total. The molecule has 1 aliphatic rings. The molecule has 1 unspecified atom stereocenters. The maximum Gasteiger partial charge on any atom is 0.231 e. The number of rotatable bonds is 7. The predicted molar refractivity (Wildman–Crippen MR) is 74.2 cm³/mol. The molecule has 0 saturated heterocycles. The van der Waals surface area contributed by atoms with Gasteiger partial charge in [-0.05, 0) is 36.5 Å². The summed E-state index contributed by atoms with van der Waals surface area (Å²) in [5, 5.41) is 0. The van der Waals surface area contributed by atoms with Gasteiger partial charge < -0.3 is 9.47 Å². The molecule has 2 heteroatoms. The lowest BCUT2D eigenvalue weighted by Gasteiger charge is -2.11.